The molecular weight excluding hydrogens is 256 g/mol. The SMILES string of the molecule is Cc1ccc2nc(-c3cccc4cccnc34)ccc2c1. The Morgan fingerprint density at radius 3 is 2.67 bits per heavy atom. The molecule has 0 saturated carbocycles. The molecule has 100 valence electrons. The van der Waals surface area contributed by atoms with Gasteiger partial charge >= 0.3 is 0 Å². The minimum absolute atomic E-state index is 0.968. The molecule has 0 aliphatic rings. The molecule has 0 atom stereocenters. The van der Waals surface area contributed by atoms with Crippen LogP contribution in [0.1, 0.15) is 5.56 Å². The number of hydrogen-bond acceptors (Lipinski definition) is 2. The molecule has 0 aliphatic heterocycles. The van der Waals surface area contributed by atoms with E-state index in [0.29, 0.717) is 0 Å². The van der Waals surface area contributed by atoms with E-state index in [-0.39, 0.29) is 0 Å². The average molecular weight is 270 g/mol. The topological polar surface area (TPSA) is 25.8 Å². The van der Waals surface area contributed by atoms with E-state index < -0.39 is 0 Å². The van der Waals surface area contributed by atoms with Gasteiger partial charge in [-0.3, -0.25) is 4.98 Å². The molecule has 2 heterocycles. The number of hydrogen-bond donors (Lipinski definition) is 0. The maximum Gasteiger partial charge on any atom is 0.0795 e. The van der Waals surface area contributed by atoms with Crippen molar-refractivity contribution in [3.8, 4) is 11.3 Å². The third kappa shape index (κ3) is 2.05. The Kier molecular flexibility index (Phi) is 2.68. The molecule has 2 aromatic carbocycles. The first-order chi connectivity index (χ1) is 10.3. The zero-order chi connectivity index (χ0) is 14.2. The third-order valence-electron chi connectivity index (χ3n) is 3.75. The highest BCUT2D eigenvalue weighted by atomic mass is 14.7. The Hall–Kier alpha value is -2.74. The van der Waals surface area contributed by atoms with Crippen molar-refractivity contribution in [2.45, 2.75) is 6.92 Å². The highest BCUT2D eigenvalue weighted by Crippen LogP contribution is 2.27. The molecule has 0 N–H and O–H groups in total. The lowest BCUT2D eigenvalue weighted by Crippen LogP contribution is -1.89. The molecule has 4 aromatic rings. The van der Waals surface area contributed by atoms with Crippen molar-refractivity contribution < 1.29 is 0 Å². The van der Waals surface area contributed by atoms with E-state index >= 15 is 0 Å². The predicted molar refractivity (Wildman–Crippen MR) is 87.2 cm³/mol. The first kappa shape index (κ1) is 12.0. The zero-order valence-corrected chi connectivity index (χ0v) is 11.7. The Morgan fingerprint density at radius 1 is 0.810 bits per heavy atom. The van der Waals surface area contributed by atoms with Crippen molar-refractivity contribution in [1.82, 2.24) is 9.97 Å². The van der Waals surface area contributed by atoms with Gasteiger partial charge in [0.15, 0.2) is 0 Å². The van der Waals surface area contributed by atoms with E-state index in [1.807, 2.05) is 12.3 Å². The Balaban J connectivity index is 1.98. The molecule has 0 saturated heterocycles. The van der Waals surface area contributed by atoms with E-state index in [0.717, 1.165) is 27.7 Å². The molecule has 2 heteroatoms. The van der Waals surface area contributed by atoms with Gasteiger partial charge in [0, 0.05) is 22.5 Å². The van der Waals surface area contributed by atoms with Crippen LogP contribution in [0.2, 0.25) is 0 Å². The minimum atomic E-state index is 0.968. The lowest BCUT2D eigenvalue weighted by atomic mass is 10.0. The molecule has 2 aromatic heterocycles. The van der Waals surface area contributed by atoms with Crippen LogP contribution in [-0.4, -0.2) is 9.97 Å². The summed E-state index contributed by atoms with van der Waals surface area (Å²) in [7, 11) is 0. The van der Waals surface area contributed by atoms with Gasteiger partial charge < -0.3 is 0 Å². The van der Waals surface area contributed by atoms with Crippen LogP contribution in [0, 0.1) is 6.92 Å². The summed E-state index contributed by atoms with van der Waals surface area (Å²) in [5, 5.41) is 2.31. The number of benzene rings is 2. The van der Waals surface area contributed by atoms with Crippen molar-refractivity contribution in [3.63, 3.8) is 0 Å². The smallest absolute Gasteiger partial charge is 0.0795 e. The number of fused-ring (bicyclic) bond motifs is 2. The molecule has 0 spiro atoms. The number of pyridine rings is 2. The molecule has 0 aliphatic carbocycles. The number of nitrogens with zero attached hydrogens (tertiary/aromatic N) is 2. The lowest BCUT2D eigenvalue weighted by molar-refractivity contribution is 1.36. The van der Waals surface area contributed by atoms with Crippen LogP contribution < -0.4 is 0 Å². The van der Waals surface area contributed by atoms with Crippen LogP contribution in [0.15, 0.2) is 66.9 Å². The molecule has 0 radical (unpaired) electrons. The molecule has 2 nitrogen and oxygen atoms in total. The lowest BCUT2D eigenvalue weighted by Gasteiger charge is -2.07. The van der Waals surface area contributed by atoms with Crippen molar-refractivity contribution in [1.29, 1.82) is 0 Å². The van der Waals surface area contributed by atoms with E-state index in [1.54, 1.807) is 0 Å². The van der Waals surface area contributed by atoms with Gasteiger partial charge in [-0.05, 0) is 31.2 Å². The molecule has 0 bridgehead atoms. The summed E-state index contributed by atoms with van der Waals surface area (Å²) in [6.07, 6.45) is 1.83. The van der Waals surface area contributed by atoms with Crippen LogP contribution in [-0.2, 0) is 0 Å². The van der Waals surface area contributed by atoms with Gasteiger partial charge in [0.05, 0.1) is 16.7 Å². The quantitative estimate of drug-likeness (QED) is 0.498. The Labute approximate surface area is 123 Å². The summed E-state index contributed by atoms with van der Waals surface area (Å²) < 4.78 is 0. The summed E-state index contributed by atoms with van der Waals surface area (Å²) in [6, 6.07) is 20.8. The second kappa shape index (κ2) is 4.67. The highest BCUT2D eigenvalue weighted by Gasteiger charge is 2.06. The first-order valence-electron chi connectivity index (χ1n) is 7.03. The number of rotatable bonds is 1. The Bertz CT molecular complexity index is 952. The van der Waals surface area contributed by atoms with Gasteiger partial charge in [0.1, 0.15) is 0 Å². The predicted octanol–water partition coefficient (Wildman–Crippen LogP) is 4.76. The number of aromatic nitrogens is 2. The standard InChI is InChI=1S/C19H14N2/c1-13-7-9-17-15(12-13)8-10-18(21-17)16-6-2-4-14-5-3-11-20-19(14)16/h2-12H,1H3. The van der Waals surface area contributed by atoms with Crippen LogP contribution in [0.25, 0.3) is 33.1 Å². The Morgan fingerprint density at radius 2 is 1.71 bits per heavy atom. The molecule has 4 rings (SSSR count). The van der Waals surface area contributed by atoms with Crippen LogP contribution in [0.4, 0.5) is 0 Å². The van der Waals surface area contributed by atoms with Gasteiger partial charge in [0.25, 0.3) is 0 Å². The second-order valence-electron chi connectivity index (χ2n) is 5.27. The normalized spacial score (nSPS) is 11.1. The molecular formula is C19H14N2. The molecule has 0 amide bonds. The van der Waals surface area contributed by atoms with E-state index in [9.17, 15) is 0 Å². The van der Waals surface area contributed by atoms with E-state index in [1.165, 1.54) is 10.9 Å². The summed E-state index contributed by atoms with van der Waals surface area (Å²) >= 11 is 0. The zero-order valence-electron chi connectivity index (χ0n) is 11.7. The van der Waals surface area contributed by atoms with E-state index in [4.69, 9.17) is 4.98 Å². The number of aryl methyl sites for hydroxylation is 1. The number of para-hydroxylation sites is 1. The summed E-state index contributed by atoms with van der Waals surface area (Å²) in [5.41, 5.74) is 5.32. The monoisotopic (exact) mass is 270 g/mol. The van der Waals surface area contributed by atoms with Gasteiger partial charge in [-0.15, -0.1) is 0 Å². The van der Waals surface area contributed by atoms with Gasteiger partial charge in [0.2, 0.25) is 0 Å². The fourth-order valence-corrected chi connectivity index (χ4v) is 2.71. The summed E-state index contributed by atoms with van der Waals surface area (Å²) in [6.45, 7) is 2.10. The van der Waals surface area contributed by atoms with Gasteiger partial charge in [-0.1, -0.05) is 42.0 Å². The van der Waals surface area contributed by atoms with Crippen LogP contribution >= 0.6 is 0 Å². The van der Waals surface area contributed by atoms with Crippen LogP contribution in [0.3, 0.4) is 0 Å². The van der Waals surface area contributed by atoms with Crippen molar-refractivity contribution >= 4 is 21.8 Å². The molecule has 0 unspecified atom stereocenters. The first-order valence-corrected chi connectivity index (χ1v) is 7.03. The van der Waals surface area contributed by atoms with Gasteiger partial charge in [-0.2, -0.15) is 0 Å². The van der Waals surface area contributed by atoms with Gasteiger partial charge in [-0.25, -0.2) is 4.98 Å². The summed E-state index contributed by atoms with van der Waals surface area (Å²) in [4.78, 5) is 9.31. The maximum absolute atomic E-state index is 4.80. The van der Waals surface area contributed by atoms with Crippen molar-refractivity contribution in [2.75, 3.05) is 0 Å². The highest BCUT2D eigenvalue weighted by molar-refractivity contribution is 5.94. The molecule has 21 heavy (non-hydrogen) atoms. The second-order valence-corrected chi connectivity index (χ2v) is 5.27. The largest absolute Gasteiger partial charge is 0.256 e. The maximum atomic E-state index is 4.80. The molecule has 0 fully saturated rings. The fraction of sp³-hybridized carbons (Fsp3) is 0.0526. The van der Waals surface area contributed by atoms with Crippen molar-refractivity contribution in [3.05, 3.63) is 72.4 Å². The van der Waals surface area contributed by atoms with E-state index in [2.05, 4.69) is 66.5 Å². The van der Waals surface area contributed by atoms with Crippen LogP contribution in [0.5, 0.6) is 0 Å². The van der Waals surface area contributed by atoms with Crippen molar-refractivity contribution in [2.24, 2.45) is 0 Å². The minimum Gasteiger partial charge on any atom is -0.256 e. The average Bonchev–Trinajstić information content (AvgIpc) is 2.54. The summed E-state index contributed by atoms with van der Waals surface area (Å²) in [5.74, 6) is 0. The fourth-order valence-electron chi connectivity index (χ4n) is 2.71. The third-order valence-corrected chi connectivity index (χ3v) is 3.75.